The molecule has 0 spiro atoms. The Kier molecular flexibility index (Phi) is 7.04. The predicted octanol–water partition coefficient (Wildman–Crippen LogP) is 6.06. The third kappa shape index (κ3) is 5.67. The predicted molar refractivity (Wildman–Crippen MR) is 152 cm³/mol. The number of pyridine rings is 1. The number of benzene rings is 3. The summed E-state index contributed by atoms with van der Waals surface area (Å²) in [5.74, 6) is 0.626. The molecule has 196 valence electrons. The summed E-state index contributed by atoms with van der Waals surface area (Å²) >= 11 is 0. The normalized spacial score (nSPS) is 14.0. The van der Waals surface area contributed by atoms with Crippen LogP contribution in [-0.4, -0.2) is 33.5 Å². The first kappa shape index (κ1) is 24.8. The molecule has 6 rings (SSSR count). The van der Waals surface area contributed by atoms with Gasteiger partial charge in [-0.25, -0.2) is 9.37 Å². The summed E-state index contributed by atoms with van der Waals surface area (Å²) in [7, 11) is 0. The van der Waals surface area contributed by atoms with Gasteiger partial charge in [0.05, 0.1) is 17.6 Å². The molecule has 0 bridgehead atoms. The summed E-state index contributed by atoms with van der Waals surface area (Å²) in [6.07, 6.45) is 5.92. The maximum Gasteiger partial charge on any atom is 0.227 e. The molecule has 3 aromatic carbocycles. The van der Waals surface area contributed by atoms with E-state index in [0.717, 1.165) is 60.6 Å². The maximum absolute atomic E-state index is 13.9. The number of fused-ring (bicyclic) bond motifs is 1. The van der Waals surface area contributed by atoms with Crippen molar-refractivity contribution in [3.05, 3.63) is 120 Å². The molecule has 1 saturated heterocycles. The zero-order chi connectivity index (χ0) is 26.6. The van der Waals surface area contributed by atoms with Crippen LogP contribution in [0.3, 0.4) is 0 Å². The lowest BCUT2D eigenvalue weighted by Gasteiger charge is -2.32. The number of rotatable bonds is 7. The molecule has 0 unspecified atom stereocenters. The van der Waals surface area contributed by atoms with Gasteiger partial charge in [0.1, 0.15) is 5.82 Å². The van der Waals surface area contributed by atoms with Crippen molar-refractivity contribution in [3.8, 4) is 0 Å². The molecule has 3 heterocycles. The minimum atomic E-state index is -0.242. The molecule has 0 atom stereocenters. The summed E-state index contributed by atoms with van der Waals surface area (Å²) < 4.78 is 16.0. The molecule has 1 aliphatic rings. The Bertz CT molecular complexity index is 1570. The Morgan fingerprint density at radius 1 is 0.872 bits per heavy atom. The number of para-hydroxylation sites is 2. The summed E-state index contributed by atoms with van der Waals surface area (Å²) in [5.41, 5.74) is 6.03. The van der Waals surface area contributed by atoms with Crippen LogP contribution < -0.4 is 10.2 Å². The largest absolute Gasteiger partial charge is 0.342 e. The summed E-state index contributed by atoms with van der Waals surface area (Å²) in [6.45, 7) is 2.00. The van der Waals surface area contributed by atoms with Crippen molar-refractivity contribution in [1.29, 1.82) is 0 Å². The minimum Gasteiger partial charge on any atom is -0.342 e. The molecule has 1 aliphatic heterocycles. The summed E-state index contributed by atoms with van der Waals surface area (Å²) in [4.78, 5) is 24.3. The second-order valence-electron chi connectivity index (χ2n) is 10.1. The fourth-order valence-electron chi connectivity index (χ4n) is 5.31. The van der Waals surface area contributed by atoms with E-state index in [4.69, 9.17) is 4.98 Å². The van der Waals surface area contributed by atoms with Crippen LogP contribution in [-0.2, 0) is 17.8 Å². The first-order valence-corrected chi connectivity index (χ1v) is 13.4. The van der Waals surface area contributed by atoms with Gasteiger partial charge in [0.2, 0.25) is 11.9 Å². The molecule has 39 heavy (non-hydrogen) atoms. The van der Waals surface area contributed by atoms with E-state index in [-0.39, 0.29) is 17.6 Å². The lowest BCUT2D eigenvalue weighted by molar-refractivity contribution is -0.120. The van der Waals surface area contributed by atoms with Crippen molar-refractivity contribution in [1.82, 2.24) is 14.5 Å². The van der Waals surface area contributed by atoms with Gasteiger partial charge in [0.15, 0.2) is 0 Å². The number of carbonyl (C=O) groups excluding carboxylic acids is 1. The van der Waals surface area contributed by atoms with Crippen LogP contribution in [0.15, 0.2) is 97.3 Å². The SMILES string of the molecule is O=C(Nc1ccc(Cc2ccncc2)cc1)C1CCN(c2nc3ccccc3n2Cc2cccc(F)c2)CC1. The van der Waals surface area contributed by atoms with E-state index in [1.165, 1.54) is 17.2 Å². The van der Waals surface area contributed by atoms with Gasteiger partial charge in [-0.3, -0.25) is 9.78 Å². The third-order valence-corrected chi connectivity index (χ3v) is 7.39. The van der Waals surface area contributed by atoms with E-state index < -0.39 is 0 Å². The Labute approximate surface area is 227 Å². The van der Waals surface area contributed by atoms with Crippen molar-refractivity contribution < 1.29 is 9.18 Å². The smallest absolute Gasteiger partial charge is 0.227 e. The van der Waals surface area contributed by atoms with Crippen LogP contribution in [0.25, 0.3) is 11.0 Å². The van der Waals surface area contributed by atoms with Crippen LogP contribution in [0, 0.1) is 11.7 Å². The van der Waals surface area contributed by atoms with Crippen molar-refractivity contribution in [2.45, 2.75) is 25.8 Å². The highest BCUT2D eigenvalue weighted by molar-refractivity contribution is 5.92. The Morgan fingerprint density at radius 2 is 1.62 bits per heavy atom. The van der Waals surface area contributed by atoms with Gasteiger partial charge in [0, 0.05) is 37.1 Å². The van der Waals surface area contributed by atoms with Crippen molar-refractivity contribution in [2.24, 2.45) is 5.92 Å². The standard InChI is InChI=1S/C32H30FN5O/c33-27-5-3-4-25(21-27)22-38-30-7-2-1-6-29(30)36-32(38)37-18-14-26(15-19-37)31(39)35-28-10-8-23(9-11-28)20-24-12-16-34-17-13-24/h1-13,16-17,21,26H,14-15,18-20,22H2,(H,35,39). The van der Waals surface area contributed by atoms with E-state index >= 15 is 0 Å². The Morgan fingerprint density at radius 3 is 2.38 bits per heavy atom. The topological polar surface area (TPSA) is 63.1 Å². The lowest BCUT2D eigenvalue weighted by atomic mass is 9.96. The van der Waals surface area contributed by atoms with Gasteiger partial charge in [-0.15, -0.1) is 0 Å². The number of amides is 1. The molecule has 5 aromatic rings. The number of hydrogen-bond acceptors (Lipinski definition) is 4. The van der Waals surface area contributed by atoms with Crippen molar-refractivity contribution in [3.63, 3.8) is 0 Å². The molecule has 0 aliphatic carbocycles. The number of carbonyl (C=O) groups is 1. The number of halogens is 1. The highest BCUT2D eigenvalue weighted by atomic mass is 19.1. The van der Waals surface area contributed by atoms with E-state index in [1.54, 1.807) is 24.5 Å². The summed E-state index contributed by atoms with van der Waals surface area (Å²) in [5, 5.41) is 3.10. The average molecular weight is 520 g/mol. The van der Waals surface area contributed by atoms with Gasteiger partial charge in [-0.1, -0.05) is 36.4 Å². The summed E-state index contributed by atoms with van der Waals surface area (Å²) in [6, 6.07) is 26.8. The number of aromatic nitrogens is 3. The van der Waals surface area contributed by atoms with Crippen LogP contribution in [0.1, 0.15) is 29.5 Å². The number of nitrogens with one attached hydrogen (secondary N) is 1. The van der Waals surface area contributed by atoms with E-state index in [0.29, 0.717) is 6.54 Å². The van der Waals surface area contributed by atoms with Gasteiger partial charge >= 0.3 is 0 Å². The molecule has 2 aromatic heterocycles. The molecular formula is C32H30FN5O. The second-order valence-corrected chi connectivity index (χ2v) is 10.1. The van der Waals surface area contributed by atoms with Gasteiger partial charge in [-0.2, -0.15) is 0 Å². The lowest BCUT2D eigenvalue weighted by Crippen LogP contribution is -2.39. The zero-order valence-corrected chi connectivity index (χ0v) is 21.6. The first-order valence-electron chi connectivity index (χ1n) is 13.4. The molecule has 0 radical (unpaired) electrons. The van der Waals surface area contributed by atoms with E-state index in [2.05, 4.69) is 31.9 Å². The molecule has 1 amide bonds. The molecular weight excluding hydrogens is 489 g/mol. The van der Waals surface area contributed by atoms with Gasteiger partial charge in [-0.05, 0) is 84.5 Å². The number of nitrogens with zero attached hydrogens (tertiary/aromatic N) is 4. The van der Waals surface area contributed by atoms with E-state index in [9.17, 15) is 9.18 Å². The van der Waals surface area contributed by atoms with Crippen molar-refractivity contribution >= 4 is 28.6 Å². The minimum absolute atomic E-state index is 0.0567. The molecule has 0 saturated carbocycles. The monoisotopic (exact) mass is 519 g/mol. The zero-order valence-electron chi connectivity index (χ0n) is 21.6. The number of imidazole rings is 1. The molecule has 7 heteroatoms. The van der Waals surface area contributed by atoms with Crippen molar-refractivity contribution in [2.75, 3.05) is 23.3 Å². The highest BCUT2D eigenvalue weighted by Gasteiger charge is 2.28. The van der Waals surface area contributed by atoms with Gasteiger partial charge in [0.25, 0.3) is 0 Å². The molecule has 1 N–H and O–H groups in total. The Balaban J connectivity index is 1.10. The number of anilines is 2. The number of hydrogen-bond donors (Lipinski definition) is 1. The molecule has 6 nitrogen and oxygen atoms in total. The third-order valence-electron chi connectivity index (χ3n) is 7.39. The number of piperidine rings is 1. The van der Waals surface area contributed by atoms with Crippen LogP contribution >= 0.6 is 0 Å². The maximum atomic E-state index is 13.9. The van der Waals surface area contributed by atoms with Crippen LogP contribution in [0.2, 0.25) is 0 Å². The molecule has 1 fully saturated rings. The van der Waals surface area contributed by atoms with Gasteiger partial charge < -0.3 is 14.8 Å². The average Bonchev–Trinajstić information content (AvgIpc) is 3.33. The fourth-order valence-corrected chi connectivity index (χ4v) is 5.31. The van der Waals surface area contributed by atoms with E-state index in [1.807, 2.05) is 54.6 Å². The highest BCUT2D eigenvalue weighted by Crippen LogP contribution is 2.28. The first-order chi connectivity index (χ1) is 19.1. The Hall–Kier alpha value is -4.52. The van der Waals surface area contributed by atoms with Crippen LogP contribution in [0.5, 0.6) is 0 Å². The van der Waals surface area contributed by atoms with Crippen LogP contribution in [0.4, 0.5) is 16.0 Å². The quantitative estimate of drug-likeness (QED) is 0.284. The fraction of sp³-hybridized carbons (Fsp3) is 0.219. The second kappa shape index (κ2) is 11.1.